The van der Waals surface area contributed by atoms with Crippen molar-refractivity contribution in [3.05, 3.63) is 53.6 Å². The number of imidazole rings is 1. The molecule has 0 spiro atoms. The molecular formula is C21H23F3N6O. The molecule has 2 amide bonds. The monoisotopic (exact) mass is 432 g/mol. The highest BCUT2D eigenvalue weighted by Gasteiger charge is 2.32. The average Bonchev–Trinajstić information content (AvgIpc) is 3.12. The fraction of sp³-hybridized carbons (Fsp3) is 0.381. The van der Waals surface area contributed by atoms with Gasteiger partial charge in [0.25, 0.3) is 0 Å². The first kappa shape index (κ1) is 21.1. The second kappa shape index (κ2) is 8.18. The third-order valence-corrected chi connectivity index (χ3v) is 5.49. The smallest absolute Gasteiger partial charge is 0.341 e. The van der Waals surface area contributed by atoms with E-state index in [9.17, 15) is 18.0 Å². The number of hydrogen-bond donors (Lipinski definition) is 3. The van der Waals surface area contributed by atoms with Gasteiger partial charge in [-0.3, -0.25) is 4.90 Å². The molecular weight excluding hydrogens is 409 g/mol. The number of anilines is 1. The number of aromatic nitrogens is 3. The van der Waals surface area contributed by atoms with Crippen molar-refractivity contribution in [2.75, 3.05) is 18.9 Å². The molecule has 31 heavy (non-hydrogen) atoms. The first-order valence-electron chi connectivity index (χ1n) is 9.96. The highest BCUT2D eigenvalue weighted by molar-refractivity contribution is 5.89. The summed E-state index contributed by atoms with van der Waals surface area (Å²) in [6, 6.07) is 7.51. The molecule has 1 aliphatic rings. The van der Waals surface area contributed by atoms with Gasteiger partial charge in [0.1, 0.15) is 11.5 Å². The zero-order chi connectivity index (χ0) is 22.2. The number of fused-ring (bicyclic) bond motifs is 1. The molecule has 3 heterocycles. The third-order valence-electron chi connectivity index (χ3n) is 5.49. The van der Waals surface area contributed by atoms with Crippen LogP contribution in [0.2, 0.25) is 0 Å². The highest BCUT2D eigenvalue weighted by atomic mass is 19.4. The lowest BCUT2D eigenvalue weighted by molar-refractivity contribution is -0.141. The summed E-state index contributed by atoms with van der Waals surface area (Å²) in [5.74, 6) is 0.849. The van der Waals surface area contributed by atoms with Gasteiger partial charge in [-0.2, -0.15) is 13.2 Å². The quantitative estimate of drug-likeness (QED) is 0.578. The average molecular weight is 432 g/mol. The maximum absolute atomic E-state index is 12.6. The number of amides is 2. The van der Waals surface area contributed by atoms with Crippen LogP contribution in [0, 0.1) is 6.92 Å². The number of alkyl halides is 3. The fourth-order valence-electron chi connectivity index (χ4n) is 3.82. The number of pyridine rings is 1. The molecule has 1 fully saturated rings. The molecule has 3 N–H and O–H groups in total. The lowest BCUT2D eigenvalue weighted by Crippen LogP contribution is -2.46. The van der Waals surface area contributed by atoms with Crippen molar-refractivity contribution in [3.63, 3.8) is 0 Å². The molecule has 2 atom stereocenters. The van der Waals surface area contributed by atoms with Crippen molar-refractivity contribution in [2.24, 2.45) is 0 Å². The number of benzene rings is 1. The number of rotatable bonds is 3. The number of aromatic amines is 1. The summed E-state index contributed by atoms with van der Waals surface area (Å²) in [4.78, 5) is 26.0. The van der Waals surface area contributed by atoms with Gasteiger partial charge in [0.2, 0.25) is 0 Å². The first-order valence-corrected chi connectivity index (χ1v) is 9.96. The predicted octanol–water partition coefficient (Wildman–Crippen LogP) is 4.24. The molecule has 3 aromatic rings. The number of likely N-dealkylation sites (tertiary alicyclic amines) is 1. The Bertz CT molecular complexity index is 1080. The van der Waals surface area contributed by atoms with Crippen LogP contribution in [-0.2, 0) is 6.18 Å². The SMILES string of the molecule is Cc1ccc2nc([C@H]3CC(NC(=O)Nc4ccc(C(F)(F)F)nc4)CCN3C)[nH]c2c1. The van der Waals surface area contributed by atoms with Gasteiger partial charge in [-0.15, -0.1) is 0 Å². The molecule has 2 aromatic heterocycles. The molecule has 1 aromatic carbocycles. The normalized spacial score (nSPS) is 20.0. The molecule has 7 nitrogen and oxygen atoms in total. The van der Waals surface area contributed by atoms with E-state index in [-0.39, 0.29) is 17.8 Å². The van der Waals surface area contributed by atoms with Crippen LogP contribution >= 0.6 is 0 Å². The minimum Gasteiger partial charge on any atom is -0.341 e. The van der Waals surface area contributed by atoms with Crippen LogP contribution in [0.1, 0.15) is 36.0 Å². The van der Waals surface area contributed by atoms with E-state index in [0.717, 1.165) is 47.7 Å². The summed E-state index contributed by atoms with van der Waals surface area (Å²) in [6.45, 7) is 2.80. The highest BCUT2D eigenvalue weighted by Crippen LogP contribution is 2.30. The number of hydrogen-bond acceptors (Lipinski definition) is 4. The summed E-state index contributed by atoms with van der Waals surface area (Å²) in [7, 11) is 2.02. The van der Waals surface area contributed by atoms with E-state index >= 15 is 0 Å². The number of halogens is 3. The molecule has 1 unspecified atom stereocenters. The van der Waals surface area contributed by atoms with Gasteiger partial charge < -0.3 is 15.6 Å². The van der Waals surface area contributed by atoms with Gasteiger partial charge >= 0.3 is 12.2 Å². The van der Waals surface area contributed by atoms with Crippen LogP contribution in [0.5, 0.6) is 0 Å². The molecule has 0 saturated carbocycles. The van der Waals surface area contributed by atoms with E-state index in [1.165, 1.54) is 6.07 Å². The maximum Gasteiger partial charge on any atom is 0.433 e. The van der Waals surface area contributed by atoms with Gasteiger partial charge in [-0.25, -0.2) is 14.8 Å². The van der Waals surface area contributed by atoms with Crippen molar-refractivity contribution in [1.29, 1.82) is 0 Å². The molecule has 0 aliphatic carbocycles. The van der Waals surface area contributed by atoms with Crippen molar-refractivity contribution >= 4 is 22.8 Å². The third kappa shape index (κ3) is 4.79. The summed E-state index contributed by atoms with van der Waals surface area (Å²) < 4.78 is 37.8. The van der Waals surface area contributed by atoms with Gasteiger partial charge in [0, 0.05) is 12.6 Å². The number of nitrogens with zero attached hydrogens (tertiary/aromatic N) is 3. The van der Waals surface area contributed by atoms with Gasteiger partial charge in [-0.05, 0) is 56.6 Å². The summed E-state index contributed by atoms with van der Waals surface area (Å²) in [6.07, 6.45) is -2.10. The van der Waals surface area contributed by atoms with Crippen LogP contribution < -0.4 is 10.6 Å². The number of urea groups is 1. The lowest BCUT2D eigenvalue weighted by atomic mass is 9.97. The number of aryl methyl sites for hydroxylation is 1. The van der Waals surface area contributed by atoms with Crippen LogP contribution in [0.3, 0.4) is 0 Å². The predicted molar refractivity (Wildman–Crippen MR) is 111 cm³/mol. The van der Waals surface area contributed by atoms with Crippen LogP contribution in [-0.4, -0.2) is 45.5 Å². The van der Waals surface area contributed by atoms with Crippen molar-refractivity contribution in [1.82, 2.24) is 25.2 Å². The van der Waals surface area contributed by atoms with E-state index in [0.29, 0.717) is 6.42 Å². The molecule has 4 rings (SSSR count). The first-order chi connectivity index (χ1) is 14.7. The van der Waals surface area contributed by atoms with Crippen molar-refractivity contribution < 1.29 is 18.0 Å². The Morgan fingerprint density at radius 2 is 2.06 bits per heavy atom. The summed E-state index contributed by atoms with van der Waals surface area (Å²) >= 11 is 0. The number of carbonyl (C=O) groups excluding carboxylic acids is 1. The fourth-order valence-corrected chi connectivity index (χ4v) is 3.82. The zero-order valence-electron chi connectivity index (χ0n) is 17.1. The Labute approximate surface area is 177 Å². The number of nitrogens with one attached hydrogen (secondary N) is 3. The Morgan fingerprint density at radius 3 is 2.77 bits per heavy atom. The number of carbonyl (C=O) groups is 1. The van der Waals surface area contributed by atoms with E-state index in [2.05, 4.69) is 31.6 Å². The topological polar surface area (TPSA) is 85.9 Å². The van der Waals surface area contributed by atoms with Gasteiger partial charge in [0.05, 0.1) is 29.0 Å². The molecule has 1 saturated heterocycles. The minimum absolute atomic E-state index is 0.0134. The molecule has 0 bridgehead atoms. The second-order valence-electron chi connectivity index (χ2n) is 7.89. The van der Waals surface area contributed by atoms with E-state index in [4.69, 9.17) is 4.98 Å². The number of piperidine rings is 1. The molecule has 1 aliphatic heterocycles. The maximum atomic E-state index is 12.6. The van der Waals surface area contributed by atoms with Gasteiger partial charge in [0.15, 0.2) is 0 Å². The van der Waals surface area contributed by atoms with Gasteiger partial charge in [-0.1, -0.05) is 6.07 Å². The van der Waals surface area contributed by atoms with E-state index in [1.54, 1.807) is 0 Å². The Balaban J connectivity index is 1.40. The number of H-pyrrole nitrogens is 1. The van der Waals surface area contributed by atoms with Crippen LogP contribution in [0.4, 0.5) is 23.7 Å². The van der Waals surface area contributed by atoms with E-state index < -0.39 is 17.9 Å². The Kier molecular flexibility index (Phi) is 5.57. The van der Waals surface area contributed by atoms with Crippen molar-refractivity contribution in [3.8, 4) is 0 Å². The summed E-state index contributed by atoms with van der Waals surface area (Å²) in [5, 5.41) is 5.45. The molecule has 10 heteroatoms. The van der Waals surface area contributed by atoms with Crippen LogP contribution in [0.25, 0.3) is 11.0 Å². The Morgan fingerprint density at radius 1 is 1.26 bits per heavy atom. The Hall–Kier alpha value is -3.14. The lowest BCUT2D eigenvalue weighted by Gasteiger charge is -2.36. The molecule has 0 radical (unpaired) electrons. The zero-order valence-corrected chi connectivity index (χ0v) is 17.1. The standard InChI is InChI=1S/C21H23F3N6O/c1-12-3-5-15-16(9-12)29-19(28-15)17-10-13(7-8-30(17)2)26-20(31)27-14-4-6-18(25-11-14)21(22,23)24/h3-6,9,11,13,17H,7-8,10H2,1-2H3,(H,28,29)(H2,26,27,31)/t13?,17-/m1/s1. The van der Waals surface area contributed by atoms with E-state index in [1.807, 2.05) is 26.1 Å². The minimum atomic E-state index is -4.51. The van der Waals surface area contributed by atoms with Crippen molar-refractivity contribution in [2.45, 2.75) is 38.0 Å². The molecule has 164 valence electrons. The second-order valence-corrected chi connectivity index (χ2v) is 7.89. The largest absolute Gasteiger partial charge is 0.433 e. The summed E-state index contributed by atoms with van der Waals surface area (Å²) in [5.41, 5.74) is 2.22. The van der Waals surface area contributed by atoms with Crippen LogP contribution in [0.15, 0.2) is 36.5 Å².